The smallest absolute Gasteiger partial charge is 0.150 e. The molecule has 0 bridgehead atoms. The predicted molar refractivity (Wildman–Crippen MR) is 80.5 cm³/mol. The van der Waals surface area contributed by atoms with Crippen molar-refractivity contribution in [3.8, 4) is 0 Å². The Kier molecular flexibility index (Phi) is 5.24. The van der Waals surface area contributed by atoms with Gasteiger partial charge in [0.25, 0.3) is 0 Å². The Bertz CT molecular complexity index is 446. The van der Waals surface area contributed by atoms with Crippen molar-refractivity contribution in [2.75, 3.05) is 12.8 Å². The highest BCUT2D eigenvalue weighted by Gasteiger charge is 2.35. The van der Waals surface area contributed by atoms with Crippen molar-refractivity contribution in [2.45, 2.75) is 75.6 Å². The summed E-state index contributed by atoms with van der Waals surface area (Å²) in [7, 11) is -2.93. The van der Waals surface area contributed by atoms with Gasteiger partial charge in [0.15, 0.2) is 0 Å². The van der Waals surface area contributed by atoms with Crippen LogP contribution in [0.1, 0.15) is 58.3 Å². The third kappa shape index (κ3) is 4.04. The van der Waals surface area contributed by atoms with E-state index in [-0.39, 0.29) is 11.0 Å². The number of carbonyl (C=O) groups is 1. The zero-order chi connectivity index (χ0) is 14.8. The average Bonchev–Trinajstić information content (AvgIpc) is 2.38. The van der Waals surface area contributed by atoms with Gasteiger partial charge in [0.2, 0.25) is 0 Å². The van der Waals surface area contributed by atoms with Gasteiger partial charge in [-0.15, -0.1) is 0 Å². The Morgan fingerprint density at radius 1 is 1.15 bits per heavy atom. The van der Waals surface area contributed by atoms with Gasteiger partial charge in [-0.3, -0.25) is 9.69 Å². The molecule has 0 spiro atoms. The maximum Gasteiger partial charge on any atom is 0.150 e. The van der Waals surface area contributed by atoms with Gasteiger partial charge in [0.05, 0.1) is 5.25 Å². The standard InChI is InChI=1S/C15H27NO3S/c1-12(17)10-13-6-3-4-9-16(13)14-7-5-8-15(11-14)20(2,18)19/h13-15H,3-11H2,1-2H3. The molecule has 1 heterocycles. The first-order chi connectivity index (χ1) is 9.38. The minimum absolute atomic E-state index is 0.179. The van der Waals surface area contributed by atoms with E-state index >= 15 is 0 Å². The summed E-state index contributed by atoms with van der Waals surface area (Å²) in [6, 6.07) is 0.692. The summed E-state index contributed by atoms with van der Waals surface area (Å²) in [5, 5.41) is -0.179. The topological polar surface area (TPSA) is 54.5 Å². The van der Waals surface area contributed by atoms with Crippen LogP contribution in [0.2, 0.25) is 0 Å². The Balaban J connectivity index is 2.05. The molecule has 1 saturated heterocycles. The van der Waals surface area contributed by atoms with Crippen molar-refractivity contribution < 1.29 is 13.2 Å². The Labute approximate surface area is 122 Å². The van der Waals surface area contributed by atoms with Crippen molar-refractivity contribution in [1.82, 2.24) is 4.90 Å². The van der Waals surface area contributed by atoms with E-state index in [0.29, 0.717) is 18.5 Å². The zero-order valence-corrected chi connectivity index (χ0v) is 13.5. The second-order valence-electron chi connectivity index (χ2n) is 6.57. The van der Waals surface area contributed by atoms with Gasteiger partial charge in [-0.2, -0.15) is 0 Å². The lowest BCUT2D eigenvalue weighted by molar-refractivity contribution is -0.118. The zero-order valence-electron chi connectivity index (χ0n) is 12.7. The lowest BCUT2D eigenvalue weighted by Gasteiger charge is -2.44. The van der Waals surface area contributed by atoms with E-state index in [9.17, 15) is 13.2 Å². The monoisotopic (exact) mass is 301 g/mol. The fraction of sp³-hybridized carbons (Fsp3) is 0.933. The summed E-state index contributed by atoms with van der Waals surface area (Å²) >= 11 is 0. The van der Waals surface area contributed by atoms with Crippen LogP contribution in [0.25, 0.3) is 0 Å². The molecule has 1 aliphatic carbocycles. The highest BCUT2D eigenvalue weighted by molar-refractivity contribution is 7.91. The number of piperidine rings is 1. The second kappa shape index (κ2) is 6.56. The minimum atomic E-state index is -2.93. The SMILES string of the molecule is CC(=O)CC1CCCCN1C1CCCC(S(C)(=O)=O)C1. The number of nitrogens with zero attached hydrogens (tertiary/aromatic N) is 1. The minimum Gasteiger partial charge on any atom is -0.300 e. The maximum absolute atomic E-state index is 11.8. The highest BCUT2D eigenvalue weighted by atomic mass is 32.2. The number of rotatable bonds is 4. The molecule has 1 aliphatic heterocycles. The lowest BCUT2D eigenvalue weighted by atomic mass is 9.88. The number of ketones is 1. The largest absolute Gasteiger partial charge is 0.300 e. The van der Waals surface area contributed by atoms with Crippen molar-refractivity contribution >= 4 is 15.6 Å². The Hall–Kier alpha value is -0.420. The van der Waals surface area contributed by atoms with Crippen molar-refractivity contribution in [2.24, 2.45) is 0 Å². The second-order valence-corrected chi connectivity index (χ2v) is 8.89. The molecule has 0 radical (unpaired) electrons. The lowest BCUT2D eigenvalue weighted by Crippen LogP contribution is -2.50. The van der Waals surface area contributed by atoms with Crippen molar-refractivity contribution in [3.63, 3.8) is 0 Å². The first-order valence-electron chi connectivity index (χ1n) is 7.82. The molecule has 0 aromatic carbocycles. The van der Waals surface area contributed by atoms with Gasteiger partial charge in [0.1, 0.15) is 15.6 Å². The molecule has 3 atom stereocenters. The summed E-state index contributed by atoms with van der Waals surface area (Å²) in [5.74, 6) is 0.248. The van der Waals surface area contributed by atoms with Crippen LogP contribution >= 0.6 is 0 Å². The first kappa shape index (κ1) is 16.0. The van der Waals surface area contributed by atoms with E-state index in [4.69, 9.17) is 0 Å². The normalized spacial score (nSPS) is 33.0. The van der Waals surface area contributed by atoms with Gasteiger partial charge in [0, 0.05) is 24.8 Å². The van der Waals surface area contributed by atoms with Crippen LogP contribution in [0.15, 0.2) is 0 Å². The van der Waals surface area contributed by atoms with Gasteiger partial charge >= 0.3 is 0 Å². The van der Waals surface area contributed by atoms with Crippen LogP contribution in [-0.4, -0.2) is 49.2 Å². The molecule has 2 fully saturated rings. The van der Waals surface area contributed by atoms with Crippen LogP contribution in [0.4, 0.5) is 0 Å². The average molecular weight is 301 g/mol. The number of sulfone groups is 1. The van der Waals surface area contributed by atoms with Gasteiger partial charge in [-0.25, -0.2) is 8.42 Å². The van der Waals surface area contributed by atoms with E-state index in [1.165, 1.54) is 19.1 Å². The van der Waals surface area contributed by atoms with E-state index in [1.807, 2.05) is 0 Å². The first-order valence-corrected chi connectivity index (χ1v) is 9.77. The molecule has 2 aliphatic rings. The maximum atomic E-state index is 11.8. The van der Waals surface area contributed by atoms with Crippen molar-refractivity contribution in [1.29, 1.82) is 0 Å². The van der Waals surface area contributed by atoms with E-state index in [1.54, 1.807) is 6.92 Å². The third-order valence-electron chi connectivity index (χ3n) is 4.87. The molecule has 116 valence electrons. The molecule has 3 unspecified atom stereocenters. The Morgan fingerprint density at radius 3 is 2.55 bits per heavy atom. The van der Waals surface area contributed by atoms with Crippen molar-refractivity contribution in [3.05, 3.63) is 0 Å². The number of hydrogen-bond donors (Lipinski definition) is 0. The summed E-state index contributed by atoms with van der Waals surface area (Å²) < 4.78 is 23.6. The van der Waals surface area contributed by atoms with Gasteiger partial charge in [-0.05, 0) is 45.6 Å². The molecule has 5 heteroatoms. The molecule has 0 aromatic rings. The van der Waals surface area contributed by atoms with Crippen LogP contribution < -0.4 is 0 Å². The van der Waals surface area contributed by atoms with Crippen LogP contribution in [-0.2, 0) is 14.6 Å². The number of hydrogen-bond acceptors (Lipinski definition) is 4. The van der Waals surface area contributed by atoms with Crippen LogP contribution in [0, 0.1) is 0 Å². The molecular formula is C15H27NO3S. The van der Waals surface area contributed by atoms with Crippen LogP contribution in [0.3, 0.4) is 0 Å². The molecule has 1 saturated carbocycles. The molecule has 0 N–H and O–H groups in total. The molecule has 0 amide bonds. The molecule has 0 aromatic heterocycles. The molecule has 2 rings (SSSR count). The Morgan fingerprint density at radius 2 is 1.90 bits per heavy atom. The van der Waals surface area contributed by atoms with Gasteiger partial charge < -0.3 is 0 Å². The summed E-state index contributed by atoms with van der Waals surface area (Å²) in [6.07, 6.45) is 9.08. The fourth-order valence-electron chi connectivity index (χ4n) is 3.86. The predicted octanol–water partition coefficient (Wildman–Crippen LogP) is 2.18. The molecule has 20 heavy (non-hydrogen) atoms. The van der Waals surface area contributed by atoms with Crippen LogP contribution in [0.5, 0.6) is 0 Å². The number of Topliss-reactive ketones (excluding diaryl/α,β-unsaturated/α-hetero) is 1. The molecule has 4 nitrogen and oxygen atoms in total. The van der Waals surface area contributed by atoms with E-state index in [0.717, 1.165) is 38.6 Å². The summed E-state index contributed by atoms with van der Waals surface area (Å²) in [4.78, 5) is 13.9. The van der Waals surface area contributed by atoms with E-state index < -0.39 is 9.84 Å². The number of likely N-dealkylation sites (tertiary alicyclic amines) is 1. The fourth-order valence-corrected chi connectivity index (χ4v) is 5.03. The number of carbonyl (C=O) groups excluding carboxylic acids is 1. The van der Waals surface area contributed by atoms with E-state index in [2.05, 4.69) is 4.90 Å². The quantitative estimate of drug-likeness (QED) is 0.798. The summed E-state index contributed by atoms with van der Waals surface area (Å²) in [5.41, 5.74) is 0. The highest BCUT2D eigenvalue weighted by Crippen LogP contribution is 2.32. The molecular weight excluding hydrogens is 274 g/mol. The third-order valence-corrected chi connectivity index (χ3v) is 6.51. The van der Waals surface area contributed by atoms with Gasteiger partial charge in [-0.1, -0.05) is 12.8 Å². The summed E-state index contributed by atoms with van der Waals surface area (Å²) in [6.45, 7) is 2.69.